The van der Waals surface area contributed by atoms with Crippen LogP contribution in [0, 0.1) is 16.7 Å². The van der Waals surface area contributed by atoms with Gasteiger partial charge in [0.25, 0.3) is 0 Å². The van der Waals surface area contributed by atoms with Gasteiger partial charge in [-0.3, -0.25) is 0 Å². The summed E-state index contributed by atoms with van der Waals surface area (Å²) >= 11 is 1.81. The summed E-state index contributed by atoms with van der Waals surface area (Å²) in [4.78, 5) is 0. The fraction of sp³-hybridized carbons (Fsp3) is 0.765. The molecule has 0 aromatic carbocycles. The molecule has 2 aliphatic carbocycles. The first-order valence-electron chi connectivity index (χ1n) is 7.69. The average Bonchev–Trinajstić information content (AvgIpc) is 2.98. The van der Waals surface area contributed by atoms with E-state index in [2.05, 4.69) is 49.8 Å². The second-order valence-electron chi connectivity index (χ2n) is 7.75. The van der Waals surface area contributed by atoms with Crippen LogP contribution in [0.5, 0.6) is 0 Å². The first kappa shape index (κ1) is 13.6. The quantitative estimate of drug-likeness (QED) is 0.855. The number of hydrogen-bond acceptors (Lipinski definition) is 2. The van der Waals surface area contributed by atoms with Crippen molar-refractivity contribution in [3.63, 3.8) is 0 Å². The van der Waals surface area contributed by atoms with E-state index in [1.807, 2.05) is 11.3 Å². The van der Waals surface area contributed by atoms with Crippen LogP contribution in [0.25, 0.3) is 0 Å². The first-order valence-corrected chi connectivity index (χ1v) is 8.63. The number of hydrogen-bond donors (Lipinski definition) is 1. The lowest BCUT2D eigenvalue weighted by atomic mass is 9.68. The molecule has 1 aromatic rings. The van der Waals surface area contributed by atoms with Crippen LogP contribution < -0.4 is 5.32 Å². The molecule has 2 saturated carbocycles. The Balaban J connectivity index is 1.69. The highest BCUT2D eigenvalue weighted by atomic mass is 32.1. The van der Waals surface area contributed by atoms with Gasteiger partial charge in [-0.25, -0.2) is 0 Å². The molecule has 1 N–H and O–H groups in total. The summed E-state index contributed by atoms with van der Waals surface area (Å²) in [6.07, 6.45) is 5.46. The Morgan fingerprint density at radius 2 is 2.21 bits per heavy atom. The van der Waals surface area contributed by atoms with E-state index in [4.69, 9.17) is 0 Å². The van der Waals surface area contributed by atoms with E-state index in [0.717, 1.165) is 12.3 Å². The van der Waals surface area contributed by atoms with Crippen molar-refractivity contribution in [2.45, 2.75) is 65.5 Å². The van der Waals surface area contributed by atoms with Gasteiger partial charge >= 0.3 is 0 Å². The van der Waals surface area contributed by atoms with Crippen molar-refractivity contribution >= 4 is 11.3 Å². The summed E-state index contributed by atoms with van der Waals surface area (Å²) in [7, 11) is 0. The molecule has 0 amide bonds. The summed E-state index contributed by atoms with van der Waals surface area (Å²) < 4.78 is 0. The lowest BCUT2D eigenvalue weighted by Gasteiger charge is -2.44. The fourth-order valence-corrected chi connectivity index (χ4v) is 5.51. The lowest BCUT2D eigenvalue weighted by molar-refractivity contribution is 0.100. The number of fused-ring (bicyclic) bond motifs is 2. The third-order valence-corrected chi connectivity index (χ3v) is 6.57. The smallest absolute Gasteiger partial charge is 0.0177 e. The minimum absolute atomic E-state index is 0.468. The van der Waals surface area contributed by atoms with Gasteiger partial charge in [0.15, 0.2) is 0 Å². The Morgan fingerprint density at radius 3 is 2.79 bits per heavy atom. The van der Waals surface area contributed by atoms with Crippen LogP contribution in [0.1, 0.15) is 52.5 Å². The van der Waals surface area contributed by atoms with Gasteiger partial charge in [0.2, 0.25) is 0 Å². The molecule has 4 atom stereocenters. The maximum atomic E-state index is 3.98. The van der Waals surface area contributed by atoms with Crippen LogP contribution in [0.2, 0.25) is 0 Å². The second-order valence-corrected chi connectivity index (χ2v) is 8.53. The van der Waals surface area contributed by atoms with Gasteiger partial charge in [-0.15, -0.1) is 0 Å². The molecule has 2 aliphatic rings. The molecule has 19 heavy (non-hydrogen) atoms. The highest BCUT2D eigenvalue weighted by Gasteiger charge is 2.59. The van der Waals surface area contributed by atoms with Crippen molar-refractivity contribution < 1.29 is 0 Å². The molecule has 3 rings (SSSR count). The monoisotopic (exact) mass is 277 g/mol. The summed E-state index contributed by atoms with van der Waals surface area (Å²) in [5.41, 5.74) is 2.49. The molecular formula is C17H27NS. The van der Waals surface area contributed by atoms with Crippen LogP contribution in [0.4, 0.5) is 0 Å². The first-order chi connectivity index (χ1) is 8.92. The van der Waals surface area contributed by atoms with Crippen LogP contribution in [-0.4, -0.2) is 12.1 Å². The predicted octanol–water partition coefficient (Wildman–Crippen LogP) is 4.48. The van der Waals surface area contributed by atoms with Crippen molar-refractivity contribution in [1.29, 1.82) is 0 Å². The molecule has 0 spiro atoms. The number of nitrogens with one attached hydrogen (secondary N) is 1. The second kappa shape index (κ2) is 4.60. The Bertz CT molecular complexity index is 431. The molecular weight excluding hydrogens is 250 g/mol. The van der Waals surface area contributed by atoms with Crippen molar-refractivity contribution in [2.24, 2.45) is 16.7 Å². The highest BCUT2D eigenvalue weighted by Crippen LogP contribution is 2.62. The minimum Gasteiger partial charge on any atom is -0.310 e. The van der Waals surface area contributed by atoms with Crippen LogP contribution in [0.3, 0.4) is 0 Å². The van der Waals surface area contributed by atoms with Crippen molar-refractivity contribution in [2.75, 3.05) is 0 Å². The predicted molar refractivity (Wildman–Crippen MR) is 83.6 cm³/mol. The molecule has 106 valence electrons. The van der Waals surface area contributed by atoms with Gasteiger partial charge in [-0.1, -0.05) is 20.8 Å². The van der Waals surface area contributed by atoms with E-state index in [-0.39, 0.29) is 0 Å². The summed E-state index contributed by atoms with van der Waals surface area (Å²) in [5, 5.41) is 8.45. The molecule has 1 aromatic heterocycles. The van der Waals surface area contributed by atoms with Crippen molar-refractivity contribution in [1.82, 2.24) is 5.32 Å². The Labute approximate surface area is 121 Å². The Morgan fingerprint density at radius 1 is 1.42 bits per heavy atom. The largest absolute Gasteiger partial charge is 0.310 e. The normalized spacial score (nSPS) is 37.7. The Hall–Kier alpha value is -0.340. The fourth-order valence-electron chi connectivity index (χ4n) is 4.82. The molecule has 0 radical (unpaired) electrons. The maximum absolute atomic E-state index is 3.98. The molecule has 0 aliphatic heterocycles. The lowest BCUT2D eigenvalue weighted by Crippen LogP contribution is -2.53. The van der Waals surface area contributed by atoms with E-state index in [1.54, 1.807) is 0 Å². The van der Waals surface area contributed by atoms with Gasteiger partial charge < -0.3 is 5.32 Å². The minimum atomic E-state index is 0.468. The van der Waals surface area contributed by atoms with Crippen LogP contribution in [-0.2, 0) is 6.42 Å². The van der Waals surface area contributed by atoms with Gasteiger partial charge in [0.05, 0.1) is 0 Å². The zero-order valence-electron chi connectivity index (χ0n) is 12.7. The number of thiophene rings is 1. The number of rotatable bonds is 4. The van der Waals surface area contributed by atoms with Crippen LogP contribution in [0.15, 0.2) is 16.8 Å². The molecule has 1 nitrogen and oxygen atoms in total. The topological polar surface area (TPSA) is 12.0 Å². The zero-order valence-corrected chi connectivity index (χ0v) is 13.5. The van der Waals surface area contributed by atoms with E-state index in [0.29, 0.717) is 22.9 Å². The third-order valence-electron chi connectivity index (χ3n) is 5.84. The maximum Gasteiger partial charge on any atom is 0.0177 e. The molecule has 0 saturated heterocycles. The van der Waals surface area contributed by atoms with Crippen LogP contribution >= 0.6 is 11.3 Å². The van der Waals surface area contributed by atoms with Gasteiger partial charge in [-0.05, 0) is 71.7 Å². The standard InChI is InChI=1S/C17H27NS/c1-12(9-13-6-8-19-11-13)18-15-16(2,3)14-5-7-17(15,4)10-14/h6,8,11-12,14-15,18H,5,7,9-10H2,1-4H3. The zero-order chi connectivity index (χ0) is 13.7. The SMILES string of the molecule is CC(Cc1ccsc1)NC1C2(C)CCC(C2)C1(C)C. The molecule has 4 unspecified atom stereocenters. The molecule has 2 heteroatoms. The summed E-state index contributed by atoms with van der Waals surface area (Å²) in [5.74, 6) is 0.934. The highest BCUT2D eigenvalue weighted by molar-refractivity contribution is 7.07. The van der Waals surface area contributed by atoms with Crippen molar-refractivity contribution in [3.8, 4) is 0 Å². The molecule has 2 fully saturated rings. The van der Waals surface area contributed by atoms with E-state index in [1.165, 1.54) is 24.8 Å². The average molecular weight is 277 g/mol. The van der Waals surface area contributed by atoms with E-state index < -0.39 is 0 Å². The van der Waals surface area contributed by atoms with E-state index >= 15 is 0 Å². The summed E-state index contributed by atoms with van der Waals surface area (Å²) in [6, 6.07) is 3.53. The summed E-state index contributed by atoms with van der Waals surface area (Å²) in [6.45, 7) is 9.83. The Kier molecular flexibility index (Phi) is 3.30. The van der Waals surface area contributed by atoms with Gasteiger partial charge in [0.1, 0.15) is 0 Å². The third kappa shape index (κ3) is 2.27. The van der Waals surface area contributed by atoms with Crippen molar-refractivity contribution in [3.05, 3.63) is 22.4 Å². The molecule has 2 bridgehead atoms. The van der Waals surface area contributed by atoms with E-state index in [9.17, 15) is 0 Å². The molecule has 1 heterocycles. The van der Waals surface area contributed by atoms with Gasteiger partial charge in [-0.2, -0.15) is 11.3 Å². The van der Waals surface area contributed by atoms with Gasteiger partial charge in [0, 0.05) is 12.1 Å².